The molecule has 0 atom stereocenters. The number of aromatic carboxylic acids is 1. The lowest BCUT2D eigenvalue weighted by atomic mass is 9.81. The lowest BCUT2D eigenvalue weighted by Crippen LogP contribution is -2.29. The SMILES string of the molecule is CC1(C)C(/C=C/C=C/C=C2/N(CCCS(=O)(=O)O)c3cccc(C(=O)O)c3C2(C)C)=[N+](CCCS(=O)(=O)[O-])c2cccc(S(=O)(=O)O)c21. The monoisotopic (exact) mass is 722 g/mol. The number of anilines is 1. The molecule has 0 aromatic heterocycles. The van der Waals surface area contributed by atoms with Crippen molar-refractivity contribution in [3.63, 3.8) is 0 Å². The molecule has 4 rings (SSSR count). The number of allylic oxidation sites excluding steroid dienone is 6. The van der Waals surface area contributed by atoms with E-state index >= 15 is 0 Å². The standard InChI is InChI=1S/C32H38N2O11S3/c1-31(2)26(33(18-10-20-46(37,38)39)23-13-8-12-22(28(23)31)30(35)36)16-6-5-7-17-27-32(3,4)29-24(14-9-15-25(29)48(43,44)45)34(27)19-11-21-47(40,41)42/h5-9,12-17H,10-11,18-21H2,1-4H3,(H3-,35,36,37,38,39,40,41,42,43,44,45). The number of carboxylic acid groups (broad SMARTS) is 1. The fraction of sp³-hybridized carbons (Fsp3) is 0.375. The van der Waals surface area contributed by atoms with E-state index in [0.29, 0.717) is 33.9 Å². The van der Waals surface area contributed by atoms with Gasteiger partial charge >= 0.3 is 5.97 Å². The minimum atomic E-state index is -4.61. The van der Waals surface area contributed by atoms with Crippen molar-refractivity contribution >= 4 is 53.4 Å². The van der Waals surface area contributed by atoms with Gasteiger partial charge in [-0.05, 0) is 44.5 Å². The van der Waals surface area contributed by atoms with Crippen molar-refractivity contribution in [3.8, 4) is 0 Å². The fourth-order valence-electron chi connectivity index (χ4n) is 6.62. The van der Waals surface area contributed by atoms with Gasteiger partial charge in [0.1, 0.15) is 11.4 Å². The Morgan fingerprint density at radius 1 is 0.875 bits per heavy atom. The molecule has 3 N–H and O–H groups in total. The van der Waals surface area contributed by atoms with Gasteiger partial charge in [-0.1, -0.05) is 44.2 Å². The predicted octanol–water partition coefficient (Wildman–Crippen LogP) is 4.02. The van der Waals surface area contributed by atoms with Crippen LogP contribution in [-0.2, 0) is 41.2 Å². The normalized spacial score (nSPS) is 18.3. The summed E-state index contributed by atoms with van der Waals surface area (Å²) in [7, 11) is -13.3. The Bertz CT molecular complexity index is 2090. The Kier molecular flexibility index (Phi) is 10.3. The molecule has 260 valence electrons. The Morgan fingerprint density at radius 2 is 1.54 bits per heavy atom. The minimum Gasteiger partial charge on any atom is -0.748 e. The summed E-state index contributed by atoms with van der Waals surface area (Å²) in [5, 5.41) is 9.90. The van der Waals surface area contributed by atoms with Crippen LogP contribution in [0.1, 0.15) is 62.0 Å². The molecule has 2 aliphatic heterocycles. The summed E-state index contributed by atoms with van der Waals surface area (Å²) in [5.41, 5.74) is 1.55. The predicted molar refractivity (Wildman–Crippen MR) is 179 cm³/mol. The van der Waals surface area contributed by atoms with E-state index in [1.807, 2.05) is 18.7 Å². The molecule has 16 heteroatoms. The zero-order valence-electron chi connectivity index (χ0n) is 26.8. The van der Waals surface area contributed by atoms with Gasteiger partial charge in [-0.15, -0.1) is 0 Å². The van der Waals surface area contributed by atoms with Gasteiger partial charge in [0.05, 0.1) is 32.4 Å². The first-order chi connectivity index (χ1) is 22.1. The molecule has 13 nitrogen and oxygen atoms in total. The van der Waals surface area contributed by atoms with Crippen LogP contribution in [0.5, 0.6) is 0 Å². The quantitative estimate of drug-likeness (QED) is 0.152. The van der Waals surface area contributed by atoms with Crippen LogP contribution in [0.15, 0.2) is 77.4 Å². The van der Waals surface area contributed by atoms with Crippen molar-refractivity contribution in [1.82, 2.24) is 0 Å². The van der Waals surface area contributed by atoms with Crippen molar-refractivity contribution in [1.29, 1.82) is 0 Å². The highest BCUT2D eigenvalue weighted by molar-refractivity contribution is 7.86. The van der Waals surface area contributed by atoms with E-state index in [-0.39, 0.29) is 36.4 Å². The number of carbonyl (C=O) groups is 1. The van der Waals surface area contributed by atoms with Crippen LogP contribution in [0.3, 0.4) is 0 Å². The number of rotatable bonds is 13. The topological polar surface area (TPSA) is 209 Å². The van der Waals surface area contributed by atoms with Crippen molar-refractivity contribution < 1.29 is 53.4 Å². The second-order valence-corrected chi connectivity index (χ2v) is 17.1. The summed E-state index contributed by atoms with van der Waals surface area (Å²) in [5.74, 6) is -2.20. The van der Waals surface area contributed by atoms with Gasteiger partial charge in [0.15, 0.2) is 5.71 Å². The summed E-state index contributed by atoms with van der Waals surface area (Å²) in [6, 6.07) is 9.28. The van der Waals surface area contributed by atoms with Crippen LogP contribution in [0.25, 0.3) is 0 Å². The molecular weight excluding hydrogens is 685 g/mol. The van der Waals surface area contributed by atoms with Gasteiger partial charge in [-0.2, -0.15) is 21.4 Å². The number of hydrogen-bond donors (Lipinski definition) is 3. The zero-order valence-corrected chi connectivity index (χ0v) is 29.3. The highest BCUT2D eigenvalue weighted by atomic mass is 32.2. The molecule has 2 aromatic carbocycles. The number of carboxylic acids is 1. The molecule has 0 aliphatic carbocycles. The first kappa shape index (κ1) is 37.2. The third-order valence-electron chi connectivity index (χ3n) is 8.54. The molecule has 0 amide bonds. The van der Waals surface area contributed by atoms with Crippen molar-refractivity contribution in [2.24, 2.45) is 0 Å². The van der Waals surface area contributed by atoms with Crippen LogP contribution in [0.4, 0.5) is 11.4 Å². The van der Waals surface area contributed by atoms with E-state index < -0.39 is 58.7 Å². The summed E-state index contributed by atoms with van der Waals surface area (Å²) >= 11 is 0. The average Bonchev–Trinajstić information content (AvgIpc) is 3.30. The molecule has 0 unspecified atom stereocenters. The molecule has 0 fully saturated rings. The van der Waals surface area contributed by atoms with Crippen molar-refractivity contribution in [2.45, 2.75) is 56.3 Å². The van der Waals surface area contributed by atoms with Crippen molar-refractivity contribution in [2.75, 3.05) is 29.5 Å². The van der Waals surface area contributed by atoms with Crippen LogP contribution in [0.2, 0.25) is 0 Å². The molecule has 2 aliphatic rings. The first-order valence-electron chi connectivity index (χ1n) is 14.9. The molecule has 2 heterocycles. The van der Waals surface area contributed by atoms with E-state index in [2.05, 4.69) is 0 Å². The van der Waals surface area contributed by atoms with E-state index in [0.717, 1.165) is 0 Å². The number of benzene rings is 2. The maximum Gasteiger partial charge on any atom is 0.336 e. The minimum absolute atomic E-state index is 0.0296. The highest BCUT2D eigenvalue weighted by Crippen LogP contribution is 2.49. The van der Waals surface area contributed by atoms with E-state index in [1.165, 1.54) is 18.2 Å². The summed E-state index contributed by atoms with van der Waals surface area (Å²) in [6.07, 6.45) is 8.63. The largest absolute Gasteiger partial charge is 0.748 e. The van der Waals surface area contributed by atoms with Crippen molar-refractivity contribution in [3.05, 3.63) is 89.2 Å². The summed E-state index contributed by atoms with van der Waals surface area (Å²) < 4.78 is 102. The van der Waals surface area contributed by atoms with Gasteiger partial charge in [0.2, 0.25) is 5.69 Å². The second kappa shape index (κ2) is 13.3. The third kappa shape index (κ3) is 7.79. The first-order valence-corrected chi connectivity index (χ1v) is 19.5. The van der Waals surface area contributed by atoms with Crippen LogP contribution >= 0.6 is 0 Å². The maximum absolute atomic E-state index is 12.3. The lowest BCUT2D eigenvalue weighted by Gasteiger charge is -2.27. The van der Waals surface area contributed by atoms with Crippen LogP contribution in [0, 0.1) is 0 Å². The second-order valence-electron chi connectivity index (χ2n) is 12.6. The van der Waals surface area contributed by atoms with E-state index in [1.54, 1.807) is 67.0 Å². The Hall–Kier alpha value is -3.67. The average molecular weight is 723 g/mol. The van der Waals surface area contributed by atoms with Gasteiger partial charge in [-0.25, -0.2) is 13.2 Å². The van der Waals surface area contributed by atoms with Gasteiger partial charge < -0.3 is 14.6 Å². The fourth-order valence-corrected chi connectivity index (χ4v) is 8.46. The van der Waals surface area contributed by atoms with E-state index in [4.69, 9.17) is 0 Å². The summed E-state index contributed by atoms with van der Waals surface area (Å²) in [6.45, 7) is 7.51. The molecule has 0 saturated carbocycles. The zero-order chi connectivity index (χ0) is 35.9. The Balaban J connectivity index is 1.73. The smallest absolute Gasteiger partial charge is 0.336 e. The Morgan fingerprint density at radius 3 is 2.15 bits per heavy atom. The van der Waals surface area contributed by atoms with Crippen LogP contribution < -0.4 is 4.90 Å². The Labute approximate surface area is 280 Å². The molecule has 0 spiro atoms. The molecular formula is C32H38N2O11S3. The molecule has 0 bridgehead atoms. The molecule has 2 aromatic rings. The molecule has 0 radical (unpaired) electrons. The number of hydrogen-bond acceptors (Lipinski definition) is 9. The van der Waals surface area contributed by atoms with Gasteiger partial charge in [-0.3, -0.25) is 9.11 Å². The highest BCUT2D eigenvalue weighted by Gasteiger charge is 2.47. The third-order valence-corrected chi connectivity index (χ3v) is 11.0. The lowest BCUT2D eigenvalue weighted by molar-refractivity contribution is -0.437. The van der Waals surface area contributed by atoms with Crippen LogP contribution in [-0.4, -0.2) is 84.9 Å². The number of fused-ring (bicyclic) bond motifs is 2. The maximum atomic E-state index is 12.3. The summed E-state index contributed by atoms with van der Waals surface area (Å²) in [4.78, 5) is 13.7. The van der Waals surface area contributed by atoms with Gasteiger partial charge in [0, 0.05) is 53.2 Å². The number of nitrogens with zero attached hydrogens (tertiary/aromatic N) is 2. The van der Waals surface area contributed by atoms with E-state index in [9.17, 15) is 48.8 Å². The molecule has 0 saturated heterocycles. The molecule has 48 heavy (non-hydrogen) atoms. The van der Waals surface area contributed by atoms with Gasteiger partial charge in [0.25, 0.3) is 20.2 Å².